The molecule has 6 nitrogen and oxygen atoms in total. The molecule has 3 N–H and O–H groups in total. The van der Waals surface area contributed by atoms with Crippen molar-refractivity contribution in [3.63, 3.8) is 0 Å². The number of aliphatic hydroxyl groups is 1. The molecular weight excluding hydrogens is 472 g/mol. The third-order valence-electron chi connectivity index (χ3n) is 5.46. The van der Waals surface area contributed by atoms with E-state index in [1.54, 1.807) is 42.7 Å². The minimum Gasteiger partial charge on any atom is -0.497 e. The van der Waals surface area contributed by atoms with Crippen molar-refractivity contribution >= 4 is 34.6 Å². The number of aliphatic hydroxyl groups excluding tert-OH is 1. The minimum atomic E-state index is -0.281. The second-order valence-corrected chi connectivity index (χ2v) is 9.84. The van der Waals surface area contributed by atoms with E-state index in [0.29, 0.717) is 18.4 Å². The van der Waals surface area contributed by atoms with Crippen LogP contribution in [0.15, 0.2) is 36.4 Å². The van der Waals surface area contributed by atoms with Crippen LogP contribution < -0.4 is 10.5 Å². The molecule has 0 spiro atoms. The number of halogens is 1. The van der Waals surface area contributed by atoms with Gasteiger partial charge in [0, 0.05) is 30.4 Å². The van der Waals surface area contributed by atoms with Crippen molar-refractivity contribution in [2.24, 2.45) is 5.73 Å². The number of primary amides is 1. The maximum atomic E-state index is 11.8. The molecule has 0 aliphatic carbocycles. The first-order chi connectivity index (χ1) is 16.5. The molecule has 0 bridgehead atoms. The lowest BCUT2D eigenvalue weighted by Gasteiger charge is -2.13. The molecular formula is C26H39ClN2O4S. The summed E-state index contributed by atoms with van der Waals surface area (Å²) < 4.78 is 5.95. The van der Waals surface area contributed by atoms with Crippen LogP contribution in [0, 0.1) is 0 Å². The van der Waals surface area contributed by atoms with Crippen molar-refractivity contribution < 1.29 is 19.4 Å². The number of methoxy groups -OCH3 is 1. The smallest absolute Gasteiger partial charge is 0.217 e. The van der Waals surface area contributed by atoms with Crippen LogP contribution in [0.4, 0.5) is 0 Å². The first-order valence-electron chi connectivity index (χ1n) is 11.8. The van der Waals surface area contributed by atoms with Crippen molar-refractivity contribution in [2.45, 2.75) is 57.8 Å². The Balaban J connectivity index is 0.000000324. The van der Waals surface area contributed by atoms with Gasteiger partial charge in [0.05, 0.1) is 11.4 Å². The first-order valence-corrected chi connectivity index (χ1v) is 13.0. The SMILES string of the molecule is CO.COc1ccc(C(=O)CCCCCC(N)=O)cc1.Clc1ccc(CCCN2CCCC2)s1. The maximum Gasteiger partial charge on any atom is 0.217 e. The highest BCUT2D eigenvalue weighted by atomic mass is 35.5. The number of unbranched alkanes of at least 4 members (excludes halogenated alkanes) is 2. The number of aryl methyl sites for hydroxylation is 1. The Morgan fingerprint density at radius 3 is 2.21 bits per heavy atom. The number of Topliss-reactive ketones (excluding diaryl/α,β-unsaturated/α-hetero) is 1. The van der Waals surface area contributed by atoms with Crippen LogP contribution in [-0.4, -0.2) is 55.6 Å². The van der Waals surface area contributed by atoms with Crippen molar-refractivity contribution in [3.05, 3.63) is 51.2 Å². The van der Waals surface area contributed by atoms with E-state index >= 15 is 0 Å². The number of amides is 1. The van der Waals surface area contributed by atoms with E-state index in [1.807, 2.05) is 6.07 Å². The number of ether oxygens (including phenoxy) is 1. The van der Waals surface area contributed by atoms with E-state index in [4.69, 9.17) is 27.2 Å². The molecule has 1 saturated heterocycles. The van der Waals surface area contributed by atoms with Crippen molar-refractivity contribution in [1.82, 2.24) is 4.90 Å². The lowest BCUT2D eigenvalue weighted by atomic mass is 10.0. The van der Waals surface area contributed by atoms with Gasteiger partial charge >= 0.3 is 0 Å². The normalized spacial score (nSPS) is 12.8. The van der Waals surface area contributed by atoms with Gasteiger partial charge in [-0.1, -0.05) is 18.0 Å². The third-order valence-corrected chi connectivity index (χ3v) is 6.75. The van der Waals surface area contributed by atoms with Gasteiger partial charge in [-0.2, -0.15) is 0 Å². The van der Waals surface area contributed by atoms with Gasteiger partial charge in [0.15, 0.2) is 5.78 Å². The molecule has 1 fully saturated rings. The van der Waals surface area contributed by atoms with Crippen molar-refractivity contribution in [1.29, 1.82) is 0 Å². The number of carbonyl (C=O) groups excluding carboxylic acids is 2. The summed E-state index contributed by atoms with van der Waals surface area (Å²) in [6, 6.07) is 11.2. The van der Waals surface area contributed by atoms with Crippen LogP contribution in [0.3, 0.4) is 0 Å². The molecule has 1 aliphatic rings. The predicted molar refractivity (Wildman–Crippen MR) is 141 cm³/mol. The van der Waals surface area contributed by atoms with E-state index in [9.17, 15) is 9.59 Å². The quantitative estimate of drug-likeness (QED) is 0.296. The van der Waals surface area contributed by atoms with Crippen LogP contribution in [0.25, 0.3) is 0 Å². The van der Waals surface area contributed by atoms with E-state index in [1.165, 1.54) is 50.2 Å². The third kappa shape index (κ3) is 13.1. The first kappa shape index (κ1) is 30.1. The van der Waals surface area contributed by atoms with Crippen LogP contribution in [-0.2, 0) is 11.2 Å². The zero-order chi connectivity index (χ0) is 25.2. The van der Waals surface area contributed by atoms with E-state index < -0.39 is 0 Å². The lowest BCUT2D eigenvalue weighted by Crippen LogP contribution is -2.20. The monoisotopic (exact) mass is 510 g/mol. The largest absolute Gasteiger partial charge is 0.497 e. The topological polar surface area (TPSA) is 92.9 Å². The molecule has 0 atom stereocenters. The zero-order valence-electron chi connectivity index (χ0n) is 20.4. The molecule has 0 radical (unpaired) electrons. The predicted octanol–water partition coefficient (Wildman–Crippen LogP) is 5.35. The minimum absolute atomic E-state index is 0.122. The van der Waals surface area contributed by atoms with Gasteiger partial charge in [-0.15, -0.1) is 11.3 Å². The number of nitrogens with two attached hydrogens (primary N) is 1. The second-order valence-electron chi connectivity index (χ2n) is 8.04. The summed E-state index contributed by atoms with van der Waals surface area (Å²) in [6.07, 6.45) is 8.55. The number of carbonyl (C=O) groups is 2. The Labute approximate surface area is 213 Å². The lowest BCUT2D eigenvalue weighted by molar-refractivity contribution is -0.118. The Morgan fingerprint density at radius 1 is 1.00 bits per heavy atom. The van der Waals surface area contributed by atoms with Crippen LogP contribution in [0.2, 0.25) is 4.34 Å². The number of hydrogen-bond acceptors (Lipinski definition) is 6. The van der Waals surface area contributed by atoms with E-state index in [-0.39, 0.29) is 11.7 Å². The fourth-order valence-corrected chi connectivity index (χ4v) is 4.78. The van der Waals surface area contributed by atoms with Gasteiger partial charge in [-0.25, -0.2) is 0 Å². The average Bonchev–Trinajstić information content (AvgIpc) is 3.52. The van der Waals surface area contributed by atoms with Crippen molar-refractivity contribution in [2.75, 3.05) is 33.9 Å². The van der Waals surface area contributed by atoms with Gasteiger partial charge in [0.1, 0.15) is 5.75 Å². The highest BCUT2D eigenvalue weighted by molar-refractivity contribution is 7.16. The molecule has 1 aromatic carbocycles. The number of nitrogens with zero attached hydrogens (tertiary/aromatic N) is 1. The molecule has 34 heavy (non-hydrogen) atoms. The molecule has 1 amide bonds. The number of likely N-dealkylation sites (tertiary alicyclic amines) is 1. The summed E-state index contributed by atoms with van der Waals surface area (Å²) >= 11 is 7.59. The molecule has 1 aliphatic heterocycles. The standard InChI is InChI=1S/C14H19NO3.C11H16ClNS.CH4O/c1-18-12-9-7-11(8-10-12)13(16)5-3-2-4-6-14(15)17;12-11-6-5-10(14-11)4-3-9-13-7-1-2-8-13;1-2/h7-10H,2-6H2,1H3,(H2,15,17);5-6H,1-4,7-9H2;2H,1H3. The van der Waals surface area contributed by atoms with Gasteiger partial charge in [-0.3, -0.25) is 9.59 Å². The fourth-order valence-electron chi connectivity index (χ4n) is 3.65. The van der Waals surface area contributed by atoms with Crippen LogP contribution in [0.1, 0.15) is 66.6 Å². The van der Waals surface area contributed by atoms with Gasteiger partial charge in [-0.05, 0) is 94.6 Å². The highest BCUT2D eigenvalue weighted by Crippen LogP contribution is 2.22. The van der Waals surface area contributed by atoms with Crippen molar-refractivity contribution in [3.8, 4) is 5.75 Å². The Bertz CT molecular complexity index is 820. The number of rotatable bonds is 12. The van der Waals surface area contributed by atoms with Crippen LogP contribution in [0.5, 0.6) is 5.75 Å². The zero-order valence-corrected chi connectivity index (χ0v) is 22.0. The van der Waals surface area contributed by atoms with Crippen LogP contribution >= 0.6 is 22.9 Å². The number of ketones is 1. The van der Waals surface area contributed by atoms with Gasteiger partial charge < -0.3 is 20.5 Å². The van der Waals surface area contributed by atoms with E-state index in [2.05, 4.69) is 11.0 Å². The second kappa shape index (κ2) is 18.4. The Hall–Kier alpha value is -1.93. The summed E-state index contributed by atoms with van der Waals surface area (Å²) in [5.74, 6) is 0.584. The van der Waals surface area contributed by atoms with Gasteiger partial charge in [0.25, 0.3) is 0 Å². The number of thiophene rings is 1. The average molecular weight is 511 g/mol. The summed E-state index contributed by atoms with van der Waals surface area (Å²) in [4.78, 5) is 26.3. The number of benzene rings is 1. The molecule has 0 saturated carbocycles. The highest BCUT2D eigenvalue weighted by Gasteiger charge is 2.10. The summed E-state index contributed by atoms with van der Waals surface area (Å²) in [6.45, 7) is 3.88. The van der Waals surface area contributed by atoms with Gasteiger partial charge in [0.2, 0.25) is 5.91 Å². The Kier molecular flexibility index (Phi) is 16.3. The molecule has 0 unspecified atom stereocenters. The molecule has 190 valence electrons. The number of hydrogen-bond donors (Lipinski definition) is 2. The fraction of sp³-hybridized carbons (Fsp3) is 0.538. The maximum absolute atomic E-state index is 11.8. The van der Waals surface area contributed by atoms with E-state index in [0.717, 1.165) is 36.5 Å². The molecule has 3 rings (SSSR count). The Morgan fingerprint density at radius 2 is 1.65 bits per heavy atom. The molecule has 1 aromatic heterocycles. The summed E-state index contributed by atoms with van der Waals surface area (Å²) in [5, 5.41) is 7.00. The molecule has 2 heterocycles. The summed E-state index contributed by atoms with van der Waals surface area (Å²) in [7, 11) is 2.59. The summed E-state index contributed by atoms with van der Waals surface area (Å²) in [5.41, 5.74) is 5.73. The molecule has 8 heteroatoms. The molecule has 2 aromatic rings.